The minimum Gasteiger partial charge on any atom is -0.475 e. The van der Waals surface area contributed by atoms with E-state index in [2.05, 4.69) is 0 Å². The highest BCUT2D eigenvalue weighted by Crippen LogP contribution is 2.16. The van der Waals surface area contributed by atoms with Crippen LogP contribution in [0.1, 0.15) is 0 Å². The topological polar surface area (TPSA) is 130 Å². The molecule has 0 saturated carbocycles. The van der Waals surface area contributed by atoms with Gasteiger partial charge in [-0.1, -0.05) is 4.47 Å². The number of sulfonamides is 1. The van der Waals surface area contributed by atoms with Crippen molar-refractivity contribution in [2.75, 3.05) is 26.0 Å². The number of hydroxylamine groups is 1. The van der Waals surface area contributed by atoms with Crippen molar-refractivity contribution < 1.29 is 41.4 Å². The van der Waals surface area contributed by atoms with Crippen LogP contribution in [0.4, 0.5) is 18.9 Å². The van der Waals surface area contributed by atoms with Crippen LogP contribution < -0.4 is 5.73 Å². The Morgan fingerprint density at radius 2 is 1.74 bits per heavy atom. The number of rotatable bonds is 5. The second-order valence-electron chi connectivity index (χ2n) is 3.84. The van der Waals surface area contributed by atoms with Gasteiger partial charge in [-0.15, -0.1) is 0 Å². The maximum absolute atomic E-state index is 11.8. The van der Waals surface area contributed by atoms with E-state index in [4.69, 9.17) is 25.6 Å². The monoisotopic (exact) mass is 360 g/mol. The van der Waals surface area contributed by atoms with E-state index in [1.807, 2.05) is 0 Å². The molecule has 0 radical (unpaired) electrons. The average Bonchev–Trinajstić information content (AvgIpc) is 2.44. The van der Waals surface area contributed by atoms with E-state index in [9.17, 15) is 21.6 Å². The number of alkyl halides is 3. The summed E-state index contributed by atoms with van der Waals surface area (Å²) >= 11 is 0. The highest BCUT2D eigenvalue weighted by Gasteiger charge is 2.38. The smallest absolute Gasteiger partial charge is 0.475 e. The van der Waals surface area contributed by atoms with Gasteiger partial charge < -0.3 is 15.9 Å². The van der Waals surface area contributed by atoms with Gasteiger partial charge in [0.2, 0.25) is 0 Å². The number of nitrogen functional groups attached to an aromatic ring is 1. The second-order valence-corrected chi connectivity index (χ2v) is 5.78. The fourth-order valence-corrected chi connectivity index (χ4v) is 2.02. The van der Waals surface area contributed by atoms with Crippen LogP contribution >= 0.6 is 0 Å². The summed E-state index contributed by atoms with van der Waals surface area (Å²) in [6.45, 7) is -0.327. The van der Waals surface area contributed by atoms with Crippen molar-refractivity contribution >= 4 is 21.7 Å². The minimum absolute atomic E-state index is 0.0787. The number of halogens is 3. The van der Waals surface area contributed by atoms with Crippen LogP contribution in [0.2, 0.25) is 0 Å². The molecule has 0 aliphatic rings. The molecule has 0 unspecified atom stereocenters. The number of aliphatic carboxylic acids is 1. The third-order valence-electron chi connectivity index (χ3n) is 2.12. The Hall–Kier alpha value is -1.89. The van der Waals surface area contributed by atoms with E-state index in [-0.39, 0.29) is 18.1 Å². The maximum Gasteiger partial charge on any atom is 0.490 e. The molecule has 1 aromatic rings. The number of anilines is 1. The van der Waals surface area contributed by atoms with E-state index < -0.39 is 22.2 Å². The van der Waals surface area contributed by atoms with Gasteiger partial charge in [-0.25, -0.2) is 13.2 Å². The summed E-state index contributed by atoms with van der Waals surface area (Å²) in [6.07, 6.45) is -5.08. The standard InChI is InChI=1S/C9H14N2O4S.C2HF3O2/c1-11(15-7-6-12)16(13,14)9-4-2-8(10)3-5-9;3-2(4,5)1(6)7/h2-5,12H,6-7,10H2,1H3;(H,6,7). The number of aliphatic hydroxyl groups excluding tert-OH is 1. The van der Waals surface area contributed by atoms with E-state index in [0.717, 1.165) is 4.47 Å². The van der Waals surface area contributed by atoms with Gasteiger partial charge in [-0.05, 0) is 24.3 Å². The molecule has 1 aromatic carbocycles. The first-order valence-corrected chi connectivity index (χ1v) is 7.25. The average molecular weight is 360 g/mol. The molecule has 0 aromatic heterocycles. The molecule has 12 heteroatoms. The van der Waals surface area contributed by atoms with Gasteiger partial charge in [0.15, 0.2) is 0 Å². The molecule has 8 nitrogen and oxygen atoms in total. The maximum atomic E-state index is 11.8. The first-order chi connectivity index (χ1) is 10.4. The van der Waals surface area contributed by atoms with Gasteiger partial charge in [0.05, 0.1) is 18.1 Å². The van der Waals surface area contributed by atoms with Gasteiger partial charge in [0, 0.05) is 12.7 Å². The SMILES string of the molecule is CN(OCCO)S(=O)(=O)c1ccc(N)cc1.O=C(O)C(F)(F)F. The molecular weight excluding hydrogens is 345 g/mol. The predicted molar refractivity (Wildman–Crippen MR) is 72.5 cm³/mol. The number of nitrogens with zero attached hydrogens (tertiary/aromatic N) is 1. The van der Waals surface area contributed by atoms with Crippen molar-refractivity contribution in [2.24, 2.45) is 0 Å². The van der Waals surface area contributed by atoms with Crippen LogP contribution in [0, 0.1) is 0 Å². The van der Waals surface area contributed by atoms with Crippen LogP contribution in [-0.4, -0.2) is 55.5 Å². The summed E-state index contributed by atoms with van der Waals surface area (Å²) in [7, 11) is -2.42. The lowest BCUT2D eigenvalue weighted by Gasteiger charge is -2.16. The first kappa shape index (κ1) is 21.1. The Bertz CT molecular complexity index is 603. The molecule has 0 heterocycles. The third-order valence-corrected chi connectivity index (χ3v) is 3.77. The summed E-state index contributed by atoms with van der Waals surface area (Å²) < 4.78 is 56.1. The fraction of sp³-hybridized carbons (Fsp3) is 0.364. The van der Waals surface area contributed by atoms with E-state index in [1.54, 1.807) is 0 Å². The molecule has 0 aliphatic heterocycles. The van der Waals surface area contributed by atoms with Crippen molar-refractivity contribution in [3.8, 4) is 0 Å². The molecule has 23 heavy (non-hydrogen) atoms. The molecule has 132 valence electrons. The van der Waals surface area contributed by atoms with Crippen LogP contribution in [0.15, 0.2) is 29.2 Å². The summed E-state index contributed by atoms with van der Waals surface area (Å²) in [5, 5.41) is 15.6. The van der Waals surface area contributed by atoms with Crippen molar-refractivity contribution in [3.05, 3.63) is 24.3 Å². The molecule has 0 atom stereocenters. The zero-order valence-corrected chi connectivity index (χ0v) is 12.6. The number of carboxylic acid groups (broad SMARTS) is 1. The second kappa shape index (κ2) is 8.67. The molecule has 0 amide bonds. The first-order valence-electron chi connectivity index (χ1n) is 5.81. The highest BCUT2D eigenvalue weighted by atomic mass is 32.2. The quantitative estimate of drug-likeness (QED) is 0.513. The zero-order valence-electron chi connectivity index (χ0n) is 11.8. The van der Waals surface area contributed by atoms with Gasteiger partial charge in [0.1, 0.15) is 0 Å². The summed E-state index contributed by atoms with van der Waals surface area (Å²) in [5.41, 5.74) is 5.94. The van der Waals surface area contributed by atoms with Crippen molar-refractivity contribution in [3.63, 3.8) is 0 Å². The highest BCUT2D eigenvalue weighted by molar-refractivity contribution is 7.89. The Morgan fingerprint density at radius 1 is 1.30 bits per heavy atom. The lowest BCUT2D eigenvalue weighted by atomic mass is 10.3. The Kier molecular flexibility index (Phi) is 7.95. The van der Waals surface area contributed by atoms with E-state index >= 15 is 0 Å². The van der Waals surface area contributed by atoms with Gasteiger partial charge in [0.25, 0.3) is 10.0 Å². The number of hydrogen-bond donors (Lipinski definition) is 3. The largest absolute Gasteiger partial charge is 0.490 e. The number of benzene rings is 1. The van der Waals surface area contributed by atoms with Gasteiger partial charge in [-0.2, -0.15) is 13.2 Å². The molecule has 0 bridgehead atoms. The number of carboxylic acids is 1. The summed E-state index contributed by atoms with van der Waals surface area (Å²) in [4.78, 5) is 13.8. The van der Waals surface area contributed by atoms with Crippen LogP contribution in [0.3, 0.4) is 0 Å². The molecule has 0 aliphatic carbocycles. The van der Waals surface area contributed by atoms with E-state index in [0.29, 0.717) is 5.69 Å². The van der Waals surface area contributed by atoms with Crippen molar-refractivity contribution in [2.45, 2.75) is 11.1 Å². The van der Waals surface area contributed by atoms with E-state index in [1.165, 1.54) is 31.3 Å². The molecule has 0 fully saturated rings. The van der Waals surface area contributed by atoms with Crippen LogP contribution in [0.25, 0.3) is 0 Å². The normalized spacial score (nSPS) is 11.7. The molecule has 1 rings (SSSR count). The minimum atomic E-state index is -5.08. The summed E-state index contributed by atoms with van der Waals surface area (Å²) in [6, 6.07) is 5.77. The number of hydrogen-bond acceptors (Lipinski definition) is 6. The lowest BCUT2D eigenvalue weighted by Crippen LogP contribution is -2.28. The Labute approximate surface area is 129 Å². The third kappa shape index (κ3) is 7.27. The van der Waals surface area contributed by atoms with Crippen LogP contribution in [0.5, 0.6) is 0 Å². The predicted octanol–water partition coefficient (Wildman–Crippen LogP) is 0.446. The number of aliphatic hydroxyl groups is 1. The van der Waals surface area contributed by atoms with Gasteiger partial charge in [-0.3, -0.25) is 4.84 Å². The molecule has 4 N–H and O–H groups in total. The molecule has 0 saturated heterocycles. The van der Waals surface area contributed by atoms with Crippen molar-refractivity contribution in [1.29, 1.82) is 0 Å². The fourth-order valence-electron chi connectivity index (χ4n) is 1.03. The number of carbonyl (C=O) groups is 1. The van der Waals surface area contributed by atoms with Crippen LogP contribution in [-0.2, 0) is 19.7 Å². The van der Waals surface area contributed by atoms with Crippen molar-refractivity contribution in [1.82, 2.24) is 4.47 Å². The molecule has 0 spiro atoms. The number of nitrogens with two attached hydrogens (primary N) is 1. The zero-order chi connectivity index (χ0) is 18.3. The summed E-state index contributed by atoms with van der Waals surface area (Å²) in [5.74, 6) is -2.76. The Morgan fingerprint density at radius 3 is 2.09 bits per heavy atom. The lowest BCUT2D eigenvalue weighted by molar-refractivity contribution is -0.192. The molecular formula is C11H15F3N2O6S. The van der Waals surface area contributed by atoms with Gasteiger partial charge >= 0.3 is 12.1 Å². The Balaban J connectivity index is 0.000000585.